The zero-order chi connectivity index (χ0) is 25.7. The third kappa shape index (κ3) is 5.84. The van der Waals surface area contributed by atoms with Gasteiger partial charge in [0.05, 0.1) is 11.3 Å². The largest absolute Gasteiger partial charge is 0.457 e. The summed E-state index contributed by atoms with van der Waals surface area (Å²) in [5.41, 5.74) is 4.71. The van der Waals surface area contributed by atoms with Gasteiger partial charge in [-0.3, -0.25) is 33.2 Å². The Labute approximate surface area is 209 Å². The van der Waals surface area contributed by atoms with Crippen LogP contribution < -0.4 is 17.0 Å². The summed E-state index contributed by atoms with van der Waals surface area (Å²) in [6.45, 7) is -0.764. The Balaban J connectivity index is 1.56. The standard InChI is InChI=1S/C23H22N4O6S2/c1-25-19(24)18(21(31)26(2)22(25)32)15(28)13-33-17(29)11-12-27-20(30)16(35-23(27)34)10-6-9-14-7-4-3-5-8-14/h3-10H,11-13,24H2,1-2H3. The van der Waals surface area contributed by atoms with E-state index in [9.17, 15) is 24.0 Å². The van der Waals surface area contributed by atoms with E-state index in [-0.39, 0.29) is 24.7 Å². The van der Waals surface area contributed by atoms with Gasteiger partial charge in [0.15, 0.2) is 6.61 Å². The Morgan fingerprint density at radius 3 is 2.49 bits per heavy atom. The normalized spacial score (nSPS) is 14.8. The van der Waals surface area contributed by atoms with Crippen LogP contribution in [0.3, 0.4) is 0 Å². The highest BCUT2D eigenvalue weighted by Crippen LogP contribution is 2.31. The minimum Gasteiger partial charge on any atom is -0.457 e. The van der Waals surface area contributed by atoms with Crippen molar-refractivity contribution >= 4 is 57.9 Å². The van der Waals surface area contributed by atoms with Gasteiger partial charge in [-0.15, -0.1) is 0 Å². The van der Waals surface area contributed by atoms with Crippen molar-refractivity contribution < 1.29 is 19.1 Å². The van der Waals surface area contributed by atoms with Crippen LogP contribution in [-0.2, 0) is 28.4 Å². The SMILES string of the molecule is Cn1c(N)c(C(=O)COC(=O)CCN2C(=O)C(=CC=Cc3ccccc3)SC2=S)c(=O)n(C)c1=O. The summed E-state index contributed by atoms with van der Waals surface area (Å²) in [5.74, 6) is -2.25. The lowest BCUT2D eigenvalue weighted by molar-refractivity contribution is -0.142. The van der Waals surface area contributed by atoms with Gasteiger partial charge < -0.3 is 10.5 Å². The molecule has 1 aliphatic heterocycles. The molecule has 0 radical (unpaired) electrons. The molecule has 0 aliphatic carbocycles. The van der Waals surface area contributed by atoms with E-state index in [2.05, 4.69) is 0 Å². The number of thioether (sulfide) groups is 1. The van der Waals surface area contributed by atoms with Crippen molar-refractivity contribution in [1.82, 2.24) is 14.0 Å². The van der Waals surface area contributed by atoms with Crippen molar-refractivity contribution in [1.29, 1.82) is 0 Å². The number of carbonyl (C=O) groups is 3. The molecule has 2 N–H and O–H groups in total. The predicted octanol–water partition coefficient (Wildman–Crippen LogP) is 1.24. The van der Waals surface area contributed by atoms with Gasteiger partial charge in [-0.25, -0.2) is 4.79 Å². The molecular weight excluding hydrogens is 492 g/mol. The number of nitrogen functional groups attached to an aromatic ring is 1. The summed E-state index contributed by atoms with van der Waals surface area (Å²) in [6, 6.07) is 9.57. The number of ether oxygens (including phenoxy) is 1. The summed E-state index contributed by atoms with van der Waals surface area (Å²) < 4.78 is 6.95. The van der Waals surface area contributed by atoms with Crippen LogP contribution in [-0.4, -0.2) is 49.2 Å². The van der Waals surface area contributed by atoms with Crippen LogP contribution in [0.5, 0.6) is 0 Å². The van der Waals surface area contributed by atoms with E-state index in [4.69, 9.17) is 22.7 Å². The van der Waals surface area contributed by atoms with E-state index in [1.54, 1.807) is 12.2 Å². The van der Waals surface area contributed by atoms with Crippen LogP contribution in [0.25, 0.3) is 6.08 Å². The number of ketones is 1. The zero-order valence-electron chi connectivity index (χ0n) is 18.9. The fraction of sp³-hybridized carbons (Fsp3) is 0.217. The number of aromatic nitrogens is 2. The Morgan fingerprint density at radius 2 is 1.80 bits per heavy atom. The molecule has 1 aromatic heterocycles. The second kappa shape index (κ2) is 11.1. The lowest BCUT2D eigenvalue weighted by atomic mass is 10.2. The third-order valence-corrected chi connectivity index (χ3v) is 6.50. The molecule has 1 aromatic carbocycles. The van der Waals surface area contributed by atoms with Crippen molar-refractivity contribution in [3.63, 3.8) is 0 Å². The van der Waals surface area contributed by atoms with Crippen LogP contribution >= 0.6 is 24.0 Å². The van der Waals surface area contributed by atoms with Gasteiger partial charge in [0.25, 0.3) is 11.5 Å². The van der Waals surface area contributed by atoms with E-state index in [1.165, 1.54) is 19.0 Å². The average molecular weight is 515 g/mol. The first kappa shape index (κ1) is 25.8. The molecule has 2 aromatic rings. The number of rotatable bonds is 8. The van der Waals surface area contributed by atoms with Crippen LogP contribution in [0.15, 0.2) is 57.0 Å². The molecule has 0 bridgehead atoms. The van der Waals surface area contributed by atoms with Gasteiger partial charge in [0, 0.05) is 20.6 Å². The highest BCUT2D eigenvalue weighted by molar-refractivity contribution is 8.26. The minimum atomic E-state index is -0.877. The molecule has 0 atom stereocenters. The van der Waals surface area contributed by atoms with Gasteiger partial charge in [0.1, 0.15) is 15.7 Å². The molecule has 2 heterocycles. The molecule has 182 valence electrons. The summed E-state index contributed by atoms with van der Waals surface area (Å²) in [7, 11) is 2.52. The smallest absolute Gasteiger partial charge is 0.332 e. The number of esters is 1. The second-order valence-electron chi connectivity index (χ2n) is 7.43. The van der Waals surface area contributed by atoms with E-state index >= 15 is 0 Å². The number of carbonyl (C=O) groups excluding carboxylic acids is 3. The number of hydrogen-bond acceptors (Lipinski definition) is 9. The number of Topliss-reactive ketones (excluding diaryl/α,β-unsaturated/α-hetero) is 1. The fourth-order valence-corrected chi connectivity index (χ4v) is 4.39. The molecule has 1 amide bonds. The molecule has 10 nitrogen and oxygen atoms in total. The Kier molecular flexibility index (Phi) is 8.20. The average Bonchev–Trinajstić information content (AvgIpc) is 3.11. The van der Waals surface area contributed by atoms with Crippen LogP contribution in [0.2, 0.25) is 0 Å². The first-order chi connectivity index (χ1) is 16.6. The van der Waals surface area contributed by atoms with Gasteiger partial charge >= 0.3 is 11.7 Å². The molecule has 12 heteroatoms. The molecule has 3 rings (SSSR count). The summed E-state index contributed by atoms with van der Waals surface area (Å²) in [4.78, 5) is 63.0. The van der Waals surface area contributed by atoms with E-state index < -0.39 is 35.2 Å². The molecule has 0 unspecified atom stereocenters. The summed E-state index contributed by atoms with van der Waals surface area (Å²) in [6.07, 6.45) is 5.04. The highest BCUT2D eigenvalue weighted by Gasteiger charge is 2.32. The monoisotopic (exact) mass is 514 g/mol. The fourth-order valence-electron chi connectivity index (χ4n) is 3.13. The summed E-state index contributed by atoms with van der Waals surface area (Å²) in [5, 5.41) is 0. The van der Waals surface area contributed by atoms with Crippen molar-refractivity contribution in [3.8, 4) is 0 Å². The lowest BCUT2D eigenvalue weighted by Crippen LogP contribution is -2.42. The van der Waals surface area contributed by atoms with E-state index in [0.717, 1.165) is 26.5 Å². The molecule has 1 saturated heterocycles. The number of hydrogen-bond donors (Lipinski definition) is 1. The topological polar surface area (TPSA) is 134 Å². The summed E-state index contributed by atoms with van der Waals surface area (Å²) >= 11 is 6.37. The van der Waals surface area contributed by atoms with E-state index in [1.807, 2.05) is 36.4 Å². The number of nitrogens with zero attached hydrogens (tertiary/aromatic N) is 3. The predicted molar refractivity (Wildman–Crippen MR) is 137 cm³/mol. The number of anilines is 1. The molecule has 1 aliphatic rings. The van der Waals surface area contributed by atoms with Crippen molar-refractivity contribution in [2.24, 2.45) is 14.1 Å². The van der Waals surface area contributed by atoms with Crippen molar-refractivity contribution in [2.75, 3.05) is 18.9 Å². The molecule has 0 saturated carbocycles. The maximum Gasteiger partial charge on any atom is 0.332 e. The Morgan fingerprint density at radius 1 is 1.11 bits per heavy atom. The minimum absolute atomic E-state index is 0.0266. The van der Waals surface area contributed by atoms with Crippen LogP contribution in [0, 0.1) is 0 Å². The zero-order valence-corrected chi connectivity index (χ0v) is 20.6. The van der Waals surface area contributed by atoms with Crippen LogP contribution in [0.4, 0.5) is 5.82 Å². The van der Waals surface area contributed by atoms with E-state index in [0.29, 0.717) is 9.23 Å². The van der Waals surface area contributed by atoms with Crippen molar-refractivity contribution in [2.45, 2.75) is 6.42 Å². The first-order valence-electron chi connectivity index (χ1n) is 10.3. The van der Waals surface area contributed by atoms with Gasteiger partial charge in [-0.05, 0) is 11.6 Å². The molecular formula is C23H22N4O6S2. The lowest BCUT2D eigenvalue weighted by Gasteiger charge is -2.14. The Hall–Kier alpha value is -3.77. The van der Waals surface area contributed by atoms with Gasteiger partial charge in [-0.1, -0.05) is 66.5 Å². The number of benzene rings is 1. The van der Waals surface area contributed by atoms with Gasteiger partial charge in [0.2, 0.25) is 5.78 Å². The number of nitrogens with two attached hydrogens (primary N) is 1. The third-order valence-electron chi connectivity index (χ3n) is 5.10. The molecule has 0 spiro atoms. The highest BCUT2D eigenvalue weighted by atomic mass is 32.2. The number of allylic oxidation sites excluding steroid dienone is 2. The Bertz CT molecular complexity index is 1370. The maximum absolute atomic E-state index is 12.6. The number of amides is 1. The number of thiocarbonyl (C=S) groups is 1. The maximum atomic E-state index is 12.6. The second-order valence-corrected chi connectivity index (χ2v) is 9.10. The first-order valence-corrected chi connectivity index (χ1v) is 11.6. The molecule has 1 fully saturated rings. The van der Waals surface area contributed by atoms with Crippen LogP contribution in [0.1, 0.15) is 22.3 Å². The quantitative estimate of drug-likeness (QED) is 0.239. The van der Waals surface area contributed by atoms with Gasteiger partial charge in [-0.2, -0.15) is 0 Å². The molecule has 35 heavy (non-hydrogen) atoms. The van der Waals surface area contributed by atoms with Crippen molar-refractivity contribution in [3.05, 3.63) is 79.4 Å².